The molecular weight excluding hydrogens is 256 g/mol. The van der Waals surface area contributed by atoms with Crippen LogP contribution in [0.25, 0.3) is 0 Å². The minimum absolute atomic E-state index is 0.290. The van der Waals surface area contributed by atoms with Crippen LogP contribution in [-0.4, -0.2) is 38.3 Å². The summed E-state index contributed by atoms with van der Waals surface area (Å²) in [6.45, 7) is 0.535. The molecule has 4 nitrogen and oxygen atoms in total. The molecule has 0 aliphatic heterocycles. The smallest absolute Gasteiger partial charge is 0.242 e. The van der Waals surface area contributed by atoms with Gasteiger partial charge in [-0.15, -0.1) is 0 Å². The maximum Gasteiger partial charge on any atom is 0.242 e. The van der Waals surface area contributed by atoms with Crippen LogP contribution < -0.4 is 5.73 Å². The lowest BCUT2D eigenvalue weighted by molar-refractivity contribution is 0.469. The van der Waals surface area contributed by atoms with Gasteiger partial charge in [-0.1, -0.05) is 0 Å². The third-order valence-corrected chi connectivity index (χ3v) is 4.98. The summed E-state index contributed by atoms with van der Waals surface area (Å²) in [4.78, 5) is 0.290. The molecule has 0 aliphatic rings. The fourth-order valence-corrected chi connectivity index (χ4v) is 3.00. The molecule has 0 fully saturated rings. The largest absolute Gasteiger partial charge is 0.399 e. The van der Waals surface area contributed by atoms with Crippen LogP contribution in [0.4, 0.5) is 5.69 Å². The second-order valence-electron chi connectivity index (χ2n) is 3.74. The highest BCUT2D eigenvalue weighted by Crippen LogP contribution is 2.16. The van der Waals surface area contributed by atoms with Gasteiger partial charge in [0.25, 0.3) is 0 Å². The maximum absolute atomic E-state index is 12.1. The van der Waals surface area contributed by atoms with Crippen molar-refractivity contribution in [1.82, 2.24) is 4.31 Å². The number of rotatable bonds is 6. The molecule has 6 heteroatoms. The van der Waals surface area contributed by atoms with Gasteiger partial charge >= 0.3 is 0 Å². The lowest BCUT2D eigenvalue weighted by Gasteiger charge is -2.16. The molecule has 1 aromatic rings. The number of hydrogen-bond acceptors (Lipinski definition) is 4. The molecule has 0 spiro atoms. The van der Waals surface area contributed by atoms with E-state index in [2.05, 4.69) is 0 Å². The summed E-state index contributed by atoms with van der Waals surface area (Å²) >= 11 is 1.71. The molecule has 0 atom stereocenters. The van der Waals surface area contributed by atoms with Crippen LogP contribution in [0.3, 0.4) is 0 Å². The fraction of sp³-hybridized carbons (Fsp3) is 0.455. The molecule has 96 valence electrons. The minimum Gasteiger partial charge on any atom is -0.399 e. The summed E-state index contributed by atoms with van der Waals surface area (Å²) < 4.78 is 25.6. The number of nitrogen functional groups attached to an aromatic ring is 1. The Morgan fingerprint density at radius 1 is 1.29 bits per heavy atom. The van der Waals surface area contributed by atoms with E-state index < -0.39 is 10.0 Å². The van der Waals surface area contributed by atoms with Crippen LogP contribution in [0.1, 0.15) is 6.42 Å². The van der Waals surface area contributed by atoms with Crippen LogP contribution in [0.5, 0.6) is 0 Å². The van der Waals surface area contributed by atoms with E-state index in [1.54, 1.807) is 30.9 Å². The van der Waals surface area contributed by atoms with Crippen molar-refractivity contribution in [3.8, 4) is 0 Å². The van der Waals surface area contributed by atoms with Gasteiger partial charge in [-0.3, -0.25) is 0 Å². The van der Waals surface area contributed by atoms with E-state index in [1.807, 2.05) is 6.26 Å². The average Bonchev–Trinajstić information content (AvgIpc) is 2.29. The van der Waals surface area contributed by atoms with Gasteiger partial charge in [0.1, 0.15) is 0 Å². The summed E-state index contributed by atoms with van der Waals surface area (Å²) in [6, 6.07) is 6.27. The standard InChI is InChI=1S/C11H18N2O2S2/c1-13(8-3-9-16-2)17(14,15)11-6-4-10(12)5-7-11/h4-7H,3,8-9,12H2,1-2H3. The van der Waals surface area contributed by atoms with Gasteiger partial charge in [0.15, 0.2) is 0 Å². The molecule has 0 unspecified atom stereocenters. The molecule has 17 heavy (non-hydrogen) atoms. The summed E-state index contributed by atoms with van der Waals surface area (Å²) in [7, 11) is -1.76. The summed E-state index contributed by atoms with van der Waals surface area (Å²) in [5.74, 6) is 0.960. The Hall–Kier alpha value is -0.720. The fourth-order valence-electron chi connectivity index (χ4n) is 1.37. The first-order valence-electron chi connectivity index (χ1n) is 5.29. The van der Waals surface area contributed by atoms with Crippen LogP contribution in [0.2, 0.25) is 0 Å². The Bertz CT molecular complexity index is 443. The van der Waals surface area contributed by atoms with E-state index >= 15 is 0 Å². The van der Waals surface area contributed by atoms with Gasteiger partial charge in [0.05, 0.1) is 4.90 Å². The number of nitrogens with two attached hydrogens (primary N) is 1. The maximum atomic E-state index is 12.1. The van der Waals surface area contributed by atoms with Gasteiger partial charge in [-0.2, -0.15) is 11.8 Å². The molecule has 0 aliphatic carbocycles. The van der Waals surface area contributed by atoms with Crippen molar-refractivity contribution >= 4 is 27.5 Å². The number of thioether (sulfide) groups is 1. The van der Waals surface area contributed by atoms with Crippen molar-refractivity contribution in [2.24, 2.45) is 0 Å². The quantitative estimate of drug-likeness (QED) is 0.633. The second kappa shape index (κ2) is 6.28. The highest BCUT2D eigenvalue weighted by atomic mass is 32.2. The Balaban J connectivity index is 2.76. The van der Waals surface area contributed by atoms with Crippen molar-refractivity contribution in [2.75, 3.05) is 31.3 Å². The van der Waals surface area contributed by atoms with E-state index in [1.165, 1.54) is 16.4 Å². The molecule has 0 bridgehead atoms. The summed E-state index contributed by atoms with van der Waals surface area (Å²) in [6.07, 6.45) is 2.86. The topological polar surface area (TPSA) is 63.4 Å². The van der Waals surface area contributed by atoms with Crippen LogP contribution in [0, 0.1) is 0 Å². The van der Waals surface area contributed by atoms with E-state index in [-0.39, 0.29) is 0 Å². The molecule has 2 N–H and O–H groups in total. The Kier molecular flexibility index (Phi) is 5.30. The van der Waals surface area contributed by atoms with Crippen molar-refractivity contribution in [1.29, 1.82) is 0 Å². The predicted octanol–water partition coefficient (Wildman–Crippen LogP) is 1.64. The summed E-state index contributed by atoms with van der Waals surface area (Å²) in [5.41, 5.74) is 6.10. The van der Waals surface area contributed by atoms with Crippen molar-refractivity contribution in [2.45, 2.75) is 11.3 Å². The molecule has 0 amide bonds. The highest BCUT2D eigenvalue weighted by Gasteiger charge is 2.19. The number of hydrogen-bond donors (Lipinski definition) is 1. The first kappa shape index (κ1) is 14.3. The van der Waals surface area contributed by atoms with E-state index in [4.69, 9.17) is 5.73 Å². The number of benzene rings is 1. The first-order chi connectivity index (χ1) is 7.98. The van der Waals surface area contributed by atoms with E-state index in [0.29, 0.717) is 17.1 Å². The normalized spacial score (nSPS) is 11.9. The predicted molar refractivity (Wildman–Crippen MR) is 73.7 cm³/mol. The Morgan fingerprint density at radius 2 is 1.88 bits per heavy atom. The SMILES string of the molecule is CSCCCN(C)S(=O)(=O)c1ccc(N)cc1. The molecule has 0 aromatic heterocycles. The lowest BCUT2D eigenvalue weighted by Crippen LogP contribution is -2.28. The zero-order chi connectivity index (χ0) is 12.9. The second-order valence-corrected chi connectivity index (χ2v) is 6.77. The molecular formula is C11H18N2O2S2. The third kappa shape index (κ3) is 3.90. The van der Waals surface area contributed by atoms with Gasteiger partial charge in [0.2, 0.25) is 10.0 Å². The first-order valence-corrected chi connectivity index (χ1v) is 8.12. The molecule has 0 saturated carbocycles. The number of sulfonamides is 1. The summed E-state index contributed by atoms with van der Waals surface area (Å²) in [5, 5.41) is 0. The number of anilines is 1. The monoisotopic (exact) mass is 274 g/mol. The van der Waals surface area contributed by atoms with Gasteiger partial charge in [-0.05, 0) is 42.7 Å². The van der Waals surface area contributed by atoms with E-state index in [0.717, 1.165) is 12.2 Å². The molecule has 1 rings (SSSR count). The molecule has 0 saturated heterocycles. The van der Waals surface area contributed by atoms with Crippen molar-refractivity contribution in [3.05, 3.63) is 24.3 Å². The Labute approximate surface area is 107 Å². The minimum atomic E-state index is -3.37. The Morgan fingerprint density at radius 3 is 2.41 bits per heavy atom. The van der Waals surface area contributed by atoms with Gasteiger partial charge < -0.3 is 5.73 Å². The zero-order valence-corrected chi connectivity index (χ0v) is 11.7. The molecule has 0 radical (unpaired) electrons. The molecule has 0 heterocycles. The van der Waals surface area contributed by atoms with Crippen molar-refractivity contribution < 1.29 is 8.42 Å². The van der Waals surface area contributed by atoms with Crippen molar-refractivity contribution in [3.63, 3.8) is 0 Å². The highest BCUT2D eigenvalue weighted by molar-refractivity contribution is 7.98. The van der Waals surface area contributed by atoms with Crippen LogP contribution in [0.15, 0.2) is 29.2 Å². The molecule has 1 aromatic carbocycles. The zero-order valence-electron chi connectivity index (χ0n) is 10.1. The van der Waals surface area contributed by atoms with Gasteiger partial charge in [-0.25, -0.2) is 12.7 Å². The van der Waals surface area contributed by atoms with Gasteiger partial charge in [0, 0.05) is 19.3 Å². The number of nitrogens with zero attached hydrogens (tertiary/aromatic N) is 1. The average molecular weight is 274 g/mol. The van der Waals surface area contributed by atoms with Crippen LogP contribution in [-0.2, 0) is 10.0 Å². The van der Waals surface area contributed by atoms with Crippen LogP contribution >= 0.6 is 11.8 Å². The third-order valence-electron chi connectivity index (χ3n) is 2.41. The van der Waals surface area contributed by atoms with E-state index in [9.17, 15) is 8.42 Å². The lowest BCUT2D eigenvalue weighted by atomic mass is 10.3.